The number of esters is 1. The molecule has 0 spiro atoms. The molecule has 0 heterocycles. The van der Waals surface area contributed by atoms with Gasteiger partial charge in [0.1, 0.15) is 18.1 Å². The zero-order chi connectivity index (χ0) is 21.5. The van der Waals surface area contributed by atoms with Gasteiger partial charge in [0.25, 0.3) is 0 Å². The van der Waals surface area contributed by atoms with E-state index in [-0.39, 0.29) is 22.9 Å². The molecule has 7 atom stereocenters. The Kier molecular flexibility index (Phi) is 5.89. The van der Waals surface area contributed by atoms with Crippen LogP contribution in [0.5, 0.6) is 0 Å². The maximum Gasteiger partial charge on any atom is 0.302 e. The molecule has 0 N–H and O–H groups in total. The Hall–Kier alpha value is -1.58. The number of carbonyl (C=O) groups is 2. The van der Waals surface area contributed by atoms with E-state index in [0.717, 1.165) is 50.1 Å². The predicted octanol–water partition coefficient (Wildman–Crippen LogP) is 5.62. The van der Waals surface area contributed by atoms with E-state index in [9.17, 15) is 9.59 Å². The summed E-state index contributed by atoms with van der Waals surface area (Å²) in [6, 6.07) is 0. The molecule has 166 valence electrons. The van der Waals surface area contributed by atoms with Crippen LogP contribution in [-0.2, 0) is 19.1 Å². The van der Waals surface area contributed by atoms with Gasteiger partial charge in [-0.2, -0.15) is 0 Å². The molecule has 0 unspecified atom stereocenters. The van der Waals surface area contributed by atoms with E-state index in [1.165, 1.54) is 31.8 Å². The molecule has 0 amide bonds. The van der Waals surface area contributed by atoms with Crippen LogP contribution in [0.2, 0.25) is 0 Å². The van der Waals surface area contributed by atoms with Gasteiger partial charge in [0.2, 0.25) is 0 Å². The van der Waals surface area contributed by atoms with Crippen LogP contribution in [0.4, 0.5) is 0 Å². The van der Waals surface area contributed by atoms with Gasteiger partial charge in [-0.15, -0.1) is 0 Å². The average molecular weight is 415 g/mol. The van der Waals surface area contributed by atoms with Crippen molar-refractivity contribution in [3.05, 3.63) is 23.5 Å². The van der Waals surface area contributed by atoms with E-state index in [2.05, 4.69) is 19.9 Å². The highest BCUT2D eigenvalue weighted by atomic mass is 16.5. The van der Waals surface area contributed by atoms with Crippen LogP contribution < -0.4 is 0 Å². The maximum atomic E-state index is 11.4. The van der Waals surface area contributed by atoms with Crippen molar-refractivity contribution in [3.8, 4) is 0 Å². The van der Waals surface area contributed by atoms with Crippen molar-refractivity contribution in [2.24, 2.45) is 34.5 Å². The highest BCUT2D eigenvalue weighted by molar-refractivity contribution is 5.66. The summed E-state index contributed by atoms with van der Waals surface area (Å²) in [6.07, 6.45) is 14.1. The second-order valence-corrected chi connectivity index (χ2v) is 10.5. The quantitative estimate of drug-likeness (QED) is 0.193. The third-order valence-corrected chi connectivity index (χ3v) is 9.28. The molecule has 3 saturated carbocycles. The first-order chi connectivity index (χ1) is 14.3. The number of allylic oxidation sites excluding steroid dienone is 3. The SMILES string of the molecule is CCO/C(=C\C=O)[C@H]1CC[C@H]2[C@@H]3CC=C4C[C@@H](OC(C)=O)CC[C@]4(C)[C@H]3CC[C@]12C. The molecule has 4 heteroatoms. The topological polar surface area (TPSA) is 52.6 Å². The Morgan fingerprint density at radius 2 is 1.97 bits per heavy atom. The van der Waals surface area contributed by atoms with Gasteiger partial charge in [-0.25, -0.2) is 0 Å². The fraction of sp³-hybridized carbons (Fsp3) is 0.769. The largest absolute Gasteiger partial charge is 0.498 e. The molecule has 4 nitrogen and oxygen atoms in total. The highest BCUT2D eigenvalue weighted by Gasteiger charge is 2.59. The Balaban J connectivity index is 1.57. The lowest BCUT2D eigenvalue weighted by Gasteiger charge is -2.58. The van der Waals surface area contributed by atoms with E-state index < -0.39 is 0 Å². The molecule has 3 fully saturated rings. The van der Waals surface area contributed by atoms with E-state index >= 15 is 0 Å². The molecular formula is C26H38O4. The van der Waals surface area contributed by atoms with Crippen molar-refractivity contribution >= 4 is 12.3 Å². The van der Waals surface area contributed by atoms with Gasteiger partial charge in [-0.3, -0.25) is 9.59 Å². The zero-order valence-corrected chi connectivity index (χ0v) is 19.1. The van der Waals surface area contributed by atoms with E-state index in [1.807, 2.05) is 6.92 Å². The molecule has 0 aromatic heterocycles. The highest BCUT2D eigenvalue weighted by Crippen LogP contribution is 2.67. The molecule has 0 bridgehead atoms. The second-order valence-electron chi connectivity index (χ2n) is 10.5. The second kappa shape index (κ2) is 8.16. The molecule has 0 aliphatic heterocycles. The van der Waals surface area contributed by atoms with Gasteiger partial charge in [0.05, 0.1) is 6.61 Å². The van der Waals surface area contributed by atoms with E-state index in [4.69, 9.17) is 9.47 Å². The van der Waals surface area contributed by atoms with Crippen molar-refractivity contribution in [1.29, 1.82) is 0 Å². The van der Waals surface area contributed by atoms with Crippen LogP contribution in [0.15, 0.2) is 23.5 Å². The lowest BCUT2D eigenvalue weighted by molar-refractivity contribution is -0.148. The summed E-state index contributed by atoms with van der Waals surface area (Å²) in [4.78, 5) is 22.7. The zero-order valence-electron chi connectivity index (χ0n) is 19.1. The third kappa shape index (κ3) is 3.44. The average Bonchev–Trinajstić information content (AvgIpc) is 3.05. The van der Waals surface area contributed by atoms with Crippen molar-refractivity contribution in [1.82, 2.24) is 0 Å². The molecular weight excluding hydrogens is 376 g/mol. The van der Waals surface area contributed by atoms with Crippen molar-refractivity contribution < 1.29 is 19.1 Å². The maximum absolute atomic E-state index is 11.4. The molecule has 4 rings (SSSR count). The predicted molar refractivity (Wildman–Crippen MR) is 117 cm³/mol. The Morgan fingerprint density at radius 3 is 2.67 bits per heavy atom. The molecule has 0 aromatic rings. The summed E-state index contributed by atoms with van der Waals surface area (Å²) >= 11 is 0. The lowest BCUT2D eigenvalue weighted by atomic mass is 9.47. The normalized spacial score (nSPS) is 43.0. The Morgan fingerprint density at radius 1 is 1.17 bits per heavy atom. The van der Waals surface area contributed by atoms with Gasteiger partial charge in [-0.1, -0.05) is 25.5 Å². The summed E-state index contributed by atoms with van der Waals surface area (Å²) in [5, 5.41) is 0. The summed E-state index contributed by atoms with van der Waals surface area (Å²) in [5.74, 6) is 3.25. The van der Waals surface area contributed by atoms with Crippen LogP contribution >= 0.6 is 0 Å². The summed E-state index contributed by atoms with van der Waals surface area (Å²) < 4.78 is 11.5. The molecule has 0 saturated heterocycles. The van der Waals surface area contributed by atoms with E-state index in [1.54, 1.807) is 6.08 Å². The number of hydrogen-bond acceptors (Lipinski definition) is 4. The summed E-state index contributed by atoms with van der Waals surface area (Å²) in [6.45, 7) is 9.09. The van der Waals surface area contributed by atoms with Crippen molar-refractivity contribution in [2.45, 2.75) is 85.2 Å². The van der Waals surface area contributed by atoms with Gasteiger partial charge in [0, 0.05) is 25.3 Å². The van der Waals surface area contributed by atoms with Gasteiger partial charge in [0.15, 0.2) is 0 Å². The lowest BCUT2D eigenvalue weighted by Crippen LogP contribution is -2.50. The Labute approximate surface area is 181 Å². The first kappa shape index (κ1) is 21.6. The molecule has 4 aliphatic rings. The minimum atomic E-state index is -0.156. The number of ether oxygens (including phenoxy) is 2. The Bertz CT molecular complexity index is 752. The standard InChI is InChI=1S/C26H38O4/c1-5-29-24(12-15-27)23-9-8-21-20-7-6-18-16-19(30-17(2)28)10-13-25(18,3)22(20)11-14-26(21,23)4/h6,12,15,19-23H,5,7-11,13-14,16H2,1-4H3/b24-12-/t19-,20-,21-,22-,23+,25-,26-/m0/s1. The fourth-order valence-corrected chi connectivity index (χ4v) is 7.93. The van der Waals surface area contributed by atoms with Crippen LogP contribution in [0.3, 0.4) is 0 Å². The number of aldehydes is 1. The molecule has 4 aliphatic carbocycles. The van der Waals surface area contributed by atoms with Gasteiger partial charge >= 0.3 is 5.97 Å². The number of carbonyl (C=O) groups excluding carboxylic acids is 2. The molecule has 0 radical (unpaired) electrons. The van der Waals surface area contributed by atoms with Crippen LogP contribution in [0.1, 0.15) is 79.1 Å². The first-order valence-corrected chi connectivity index (χ1v) is 12.0. The van der Waals surface area contributed by atoms with Gasteiger partial charge < -0.3 is 9.47 Å². The van der Waals surface area contributed by atoms with Crippen LogP contribution in [-0.4, -0.2) is 25.0 Å². The first-order valence-electron chi connectivity index (χ1n) is 12.0. The minimum Gasteiger partial charge on any atom is -0.498 e. The van der Waals surface area contributed by atoms with E-state index in [0.29, 0.717) is 24.4 Å². The smallest absolute Gasteiger partial charge is 0.302 e. The van der Waals surface area contributed by atoms with Crippen LogP contribution in [0.25, 0.3) is 0 Å². The molecule has 30 heavy (non-hydrogen) atoms. The van der Waals surface area contributed by atoms with Crippen molar-refractivity contribution in [3.63, 3.8) is 0 Å². The molecule has 0 aromatic carbocycles. The van der Waals surface area contributed by atoms with Gasteiger partial charge in [-0.05, 0) is 80.5 Å². The third-order valence-electron chi connectivity index (χ3n) is 9.28. The number of fused-ring (bicyclic) bond motifs is 5. The van der Waals surface area contributed by atoms with Crippen LogP contribution in [0, 0.1) is 34.5 Å². The summed E-state index contributed by atoms with van der Waals surface area (Å²) in [5.41, 5.74) is 2.01. The fourth-order valence-electron chi connectivity index (χ4n) is 7.93. The summed E-state index contributed by atoms with van der Waals surface area (Å²) in [7, 11) is 0. The van der Waals surface area contributed by atoms with Crippen molar-refractivity contribution in [2.75, 3.05) is 6.61 Å². The number of rotatable bonds is 5. The monoisotopic (exact) mass is 414 g/mol. The minimum absolute atomic E-state index is 0.0605. The number of hydrogen-bond donors (Lipinski definition) is 0.